The molecule has 6 heteroatoms. The number of methoxy groups -OCH3 is 1. The summed E-state index contributed by atoms with van der Waals surface area (Å²) in [5, 5.41) is 11.1. The summed E-state index contributed by atoms with van der Waals surface area (Å²) in [6.45, 7) is 7.57. The molecular formula is C26H31NO5. The minimum absolute atomic E-state index is 0.0944. The second-order valence-electron chi connectivity index (χ2n) is 8.10. The van der Waals surface area contributed by atoms with Crippen molar-refractivity contribution in [3.05, 3.63) is 70.8 Å². The van der Waals surface area contributed by atoms with Crippen molar-refractivity contribution in [2.24, 2.45) is 0 Å². The van der Waals surface area contributed by atoms with Crippen molar-refractivity contribution in [1.29, 1.82) is 0 Å². The average Bonchev–Trinajstić information content (AvgIpc) is 3.06. The van der Waals surface area contributed by atoms with Crippen molar-refractivity contribution < 1.29 is 24.2 Å². The van der Waals surface area contributed by atoms with Gasteiger partial charge in [0, 0.05) is 25.3 Å². The zero-order valence-electron chi connectivity index (χ0n) is 19.1. The van der Waals surface area contributed by atoms with Crippen LogP contribution in [0.25, 0.3) is 5.76 Å². The van der Waals surface area contributed by atoms with Crippen LogP contribution in [0.1, 0.15) is 55.8 Å². The maximum absolute atomic E-state index is 13.1. The summed E-state index contributed by atoms with van der Waals surface area (Å²) in [5.74, 6) is -0.577. The number of nitrogens with zero attached hydrogens (tertiary/aromatic N) is 1. The van der Waals surface area contributed by atoms with Crippen LogP contribution in [0.15, 0.2) is 54.1 Å². The van der Waals surface area contributed by atoms with E-state index in [9.17, 15) is 14.7 Å². The topological polar surface area (TPSA) is 76.1 Å². The highest BCUT2D eigenvalue weighted by Crippen LogP contribution is 2.40. The quantitative estimate of drug-likeness (QED) is 0.267. The molecule has 1 N–H and O–H groups in total. The van der Waals surface area contributed by atoms with Crippen molar-refractivity contribution in [2.45, 2.75) is 39.2 Å². The first-order valence-corrected chi connectivity index (χ1v) is 11.0. The van der Waals surface area contributed by atoms with E-state index in [4.69, 9.17) is 9.47 Å². The monoisotopic (exact) mass is 437 g/mol. The highest BCUT2D eigenvalue weighted by Gasteiger charge is 2.45. The number of hydrogen-bond donors (Lipinski definition) is 1. The molecule has 0 spiro atoms. The maximum Gasteiger partial charge on any atom is 0.295 e. The Hall–Kier alpha value is -3.12. The first-order valence-electron chi connectivity index (χ1n) is 11.0. The summed E-state index contributed by atoms with van der Waals surface area (Å²) in [7, 11) is 1.53. The van der Waals surface area contributed by atoms with Gasteiger partial charge in [0.05, 0.1) is 18.7 Å². The minimum atomic E-state index is -0.681. The van der Waals surface area contributed by atoms with Crippen LogP contribution >= 0.6 is 0 Å². The van der Waals surface area contributed by atoms with Gasteiger partial charge in [0.15, 0.2) is 0 Å². The number of ketones is 1. The van der Waals surface area contributed by atoms with Gasteiger partial charge in [-0.1, -0.05) is 50.2 Å². The number of rotatable bonds is 9. The number of benzene rings is 2. The molecule has 0 bridgehead atoms. The van der Waals surface area contributed by atoms with Gasteiger partial charge in [-0.3, -0.25) is 9.59 Å². The van der Waals surface area contributed by atoms with E-state index >= 15 is 0 Å². The molecule has 0 radical (unpaired) electrons. The summed E-state index contributed by atoms with van der Waals surface area (Å²) in [6, 6.07) is 14.0. The third-order valence-corrected chi connectivity index (χ3v) is 5.69. The first kappa shape index (κ1) is 23.5. The number of hydrogen-bond acceptors (Lipinski definition) is 5. The molecule has 0 aromatic heterocycles. The normalized spacial score (nSPS) is 17.9. The van der Waals surface area contributed by atoms with Gasteiger partial charge in [0.25, 0.3) is 11.7 Å². The summed E-state index contributed by atoms with van der Waals surface area (Å²) in [5.41, 5.74) is 2.47. The second-order valence-corrected chi connectivity index (χ2v) is 8.10. The molecule has 32 heavy (non-hydrogen) atoms. The Balaban J connectivity index is 2.07. The molecule has 1 heterocycles. The van der Waals surface area contributed by atoms with Crippen LogP contribution in [0.2, 0.25) is 0 Å². The summed E-state index contributed by atoms with van der Waals surface area (Å²) >= 11 is 0. The van der Waals surface area contributed by atoms with Crippen LogP contribution < -0.4 is 4.74 Å². The van der Waals surface area contributed by atoms with Crippen LogP contribution in [0.4, 0.5) is 0 Å². The number of carbonyl (C=O) groups is 2. The Morgan fingerprint density at radius 1 is 1.12 bits per heavy atom. The lowest BCUT2D eigenvalue weighted by atomic mass is 9.93. The van der Waals surface area contributed by atoms with E-state index in [1.807, 2.05) is 31.2 Å². The lowest BCUT2D eigenvalue weighted by molar-refractivity contribution is -0.140. The third kappa shape index (κ3) is 4.86. The number of likely N-dealkylation sites (tertiary alicyclic amines) is 1. The second kappa shape index (κ2) is 10.5. The molecule has 2 aromatic rings. The molecule has 1 amide bonds. The molecule has 1 atom stereocenters. The lowest BCUT2D eigenvalue weighted by Crippen LogP contribution is -2.31. The number of carbonyl (C=O) groups excluding carboxylic acids is 2. The average molecular weight is 438 g/mol. The fraction of sp³-hybridized carbons (Fsp3) is 0.385. The van der Waals surface area contributed by atoms with Crippen LogP contribution in [-0.4, -0.2) is 48.6 Å². The summed E-state index contributed by atoms with van der Waals surface area (Å²) < 4.78 is 10.7. The number of aliphatic hydroxyl groups excluding tert-OH is 1. The molecular weight excluding hydrogens is 406 g/mol. The molecule has 1 fully saturated rings. The molecule has 170 valence electrons. The molecule has 3 rings (SSSR count). The summed E-state index contributed by atoms with van der Waals surface area (Å²) in [4.78, 5) is 27.6. The predicted octanol–water partition coefficient (Wildman–Crippen LogP) is 4.67. The Labute approximate surface area is 189 Å². The highest BCUT2D eigenvalue weighted by atomic mass is 16.5. The van der Waals surface area contributed by atoms with Gasteiger partial charge >= 0.3 is 0 Å². The minimum Gasteiger partial charge on any atom is -0.507 e. The standard InChI is InChI=1S/C26H31NO5/c1-5-32-15-7-14-27-23(19-12-10-18(11-13-19)17(2)3)22(25(29)26(27)30)24(28)20-8-6-9-21(16-20)31-4/h6,8-13,16-17,23,28H,5,7,14-15H2,1-4H3/t23-/m0/s1. The van der Waals surface area contributed by atoms with Gasteiger partial charge in [-0.2, -0.15) is 0 Å². The van der Waals surface area contributed by atoms with Crippen molar-refractivity contribution in [2.75, 3.05) is 26.9 Å². The van der Waals surface area contributed by atoms with E-state index in [1.54, 1.807) is 24.3 Å². The van der Waals surface area contributed by atoms with E-state index in [0.717, 1.165) is 11.1 Å². The number of ether oxygens (including phenoxy) is 2. The third-order valence-electron chi connectivity index (χ3n) is 5.69. The number of amides is 1. The van der Waals surface area contributed by atoms with Crippen LogP contribution in [-0.2, 0) is 14.3 Å². The summed E-state index contributed by atoms with van der Waals surface area (Å²) in [6.07, 6.45) is 0.598. The first-order chi connectivity index (χ1) is 15.4. The highest BCUT2D eigenvalue weighted by molar-refractivity contribution is 6.46. The lowest BCUT2D eigenvalue weighted by Gasteiger charge is -2.25. The Morgan fingerprint density at radius 3 is 2.47 bits per heavy atom. The molecule has 2 aromatic carbocycles. The van der Waals surface area contributed by atoms with Crippen molar-refractivity contribution in [1.82, 2.24) is 4.90 Å². The van der Waals surface area contributed by atoms with Gasteiger partial charge in [-0.05, 0) is 42.5 Å². The molecule has 1 saturated heterocycles. The molecule has 0 aliphatic carbocycles. The molecule has 1 aliphatic heterocycles. The zero-order valence-corrected chi connectivity index (χ0v) is 19.1. The maximum atomic E-state index is 13.1. The fourth-order valence-electron chi connectivity index (χ4n) is 3.93. The Morgan fingerprint density at radius 2 is 1.84 bits per heavy atom. The van der Waals surface area contributed by atoms with Gasteiger partial charge in [0.1, 0.15) is 11.5 Å². The number of aliphatic hydroxyl groups is 1. The van der Waals surface area contributed by atoms with E-state index in [2.05, 4.69) is 13.8 Å². The fourth-order valence-corrected chi connectivity index (χ4v) is 3.93. The predicted molar refractivity (Wildman–Crippen MR) is 124 cm³/mol. The Kier molecular flexibility index (Phi) is 7.70. The Bertz CT molecular complexity index is 994. The van der Waals surface area contributed by atoms with Crippen molar-refractivity contribution >= 4 is 17.4 Å². The van der Waals surface area contributed by atoms with E-state index in [0.29, 0.717) is 43.4 Å². The van der Waals surface area contributed by atoms with Gasteiger partial charge < -0.3 is 19.5 Å². The van der Waals surface area contributed by atoms with Gasteiger partial charge in [-0.15, -0.1) is 0 Å². The SMILES string of the molecule is CCOCCCN1C(=O)C(=O)C(=C(O)c2cccc(OC)c2)[C@@H]1c1ccc(C(C)C)cc1. The van der Waals surface area contributed by atoms with Crippen LogP contribution in [0, 0.1) is 0 Å². The molecule has 6 nitrogen and oxygen atoms in total. The van der Waals surface area contributed by atoms with E-state index in [-0.39, 0.29) is 11.3 Å². The van der Waals surface area contributed by atoms with Crippen molar-refractivity contribution in [3.63, 3.8) is 0 Å². The molecule has 1 aliphatic rings. The largest absolute Gasteiger partial charge is 0.507 e. The van der Waals surface area contributed by atoms with Gasteiger partial charge in [0.2, 0.25) is 0 Å². The number of Topliss-reactive ketones (excluding diaryl/α,β-unsaturated/α-hetero) is 1. The van der Waals surface area contributed by atoms with Crippen LogP contribution in [0.5, 0.6) is 5.75 Å². The zero-order chi connectivity index (χ0) is 23.3. The van der Waals surface area contributed by atoms with Crippen LogP contribution in [0.3, 0.4) is 0 Å². The van der Waals surface area contributed by atoms with Gasteiger partial charge in [-0.25, -0.2) is 0 Å². The van der Waals surface area contributed by atoms with E-state index < -0.39 is 17.7 Å². The molecule has 0 unspecified atom stereocenters. The smallest absolute Gasteiger partial charge is 0.295 e. The molecule has 0 saturated carbocycles. The van der Waals surface area contributed by atoms with E-state index in [1.165, 1.54) is 12.0 Å². The van der Waals surface area contributed by atoms with Crippen molar-refractivity contribution in [3.8, 4) is 5.75 Å².